The summed E-state index contributed by atoms with van der Waals surface area (Å²) in [5, 5.41) is 13.0. The van der Waals surface area contributed by atoms with Crippen molar-refractivity contribution < 1.29 is 28.6 Å². The number of aromatic nitrogens is 2. The number of nitrogens with zero attached hydrogens (tertiary/aromatic N) is 3. The number of carbonyl (C=O) groups is 2. The molecule has 1 aliphatic carbocycles. The number of halogens is 1. The minimum Gasteiger partial charge on any atom is -0.501 e. The van der Waals surface area contributed by atoms with Crippen molar-refractivity contribution in [2.45, 2.75) is 38.0 Å². The van der Waals surface area contributed by atoms with Gasteiger partial charge in [-0.2, -0.15) is 0 Å². The van der Waals surface area contributed by atoms with Crippen LogP contribution in [0.3, 0.4) is 0 Å². The Morgan fingerprint density at radius 2 is 2.06 bits per heavy atom. The highest BCUT2D eigenvalue weighted by Gasteiger charge is 2.46. The van der Waals surface area contributed by atoms with E-state index in [1.54, 1.807) is 0 Å². The van der Waals surface area contributed by atoms with Crippen LogP contribution in [0.5, 0.6) is 5.75 Å². The second-order valence-electron chi connectivity index (χ2n) is 8.01. The van der Waals surface area contributed by atoms with Gasteiger partial charge in [-0.15, -0.1) is 0 Å². The number of hydrogen-bond acceptors (Lipinski definition) is 7. The van der Waals surface area contributed by atoms with E-state index in [0.29, 0.717) is 30.8 Å². The summed E-state index contributed by atoms with van der Waals surface area (Å²) in [6, 6.07) is 3.85. The molecule has 2 aromatic rings. The van der Waals surface area contributed by atoms with Crippen LogP contribution >= 0.6 is 0 Å². The van der Waals surface area contributed by atoms with Gasteiger partial charge in [0.2, 0.25) is 5.75 Å². The Morgan fingerprint density at radius 3 is 2.75 bits per heavy atom. The molecule has 11 heteroatoms. The van der Waals surface area contributed by atoms with E-state index in [0.717, 1.165) is 6.42 Å². The zero-order valence-electron chi connectivity index (χ0n) is 17.1. The number of fused-ring (bicyclic) bond motifs is 2. The molecule has 1 saturated heterocycles. The Kier molecular flexibility index (Phi) is 4.85. The second-order valence-corrected chi connectivity index (χ2v) is 8.01. The van der Waals surface area contributed by atoms with Crippen molar-refractivity contribution in [3.63, 3.8) is 0 Å². The van der Waals surface area contributed by atoms with Crippen LogP contribution < -0.4 is 15.8 Å². The monoisotopic (exact) mass is 444 g/mol. The smallest absolute Gasteiger partial charge is 0.414 e. The summed E-state index contributed by atoms with van der Waals surface area (Å²) in [4.78, 5) is 43.0. The molecular weight excluding hydrogens is 423 g/mol. The number of nitrogens with one attached hydrogen (secondary N) is 1. The number of amides is 2. The van der Waals surface area contributed by atoms with Crippen LogP contribution in [-0.4, -0.2) is 46.4 Å². The van der Waals surface area contributed by atoms with Crippen molar-refractivity contribution in [2.75, 3.05) is 24.7 Å². The summed E-state index contributed by atoms with van der Waals surface area (Å²) < 4.78 is 25.9. The van der Waals surface area contributed by atoms with Gasteiger partial charge in [0.25, 0.3) is 11.5 Å². The molecule has 32 heavy (non-hydrogen) atoms. The number of carbonyl (C=O) groups excluding carboxylic acids is 2. The van der Waals surface area contributed by atoms with Gasteiger partial charge in [-0.25, -0.2) is 14.2 Å². The second kappa shape index (κ2) is 7.59. The fraction of sp³-hybridized carbons (Fsp3) is 0.429. The number of hydrogen-bond donors (Lipinski definition) is 2. The van der Waals surface area contributed by atoms with E-state index >= 15 is 0 Å². The van der Waals surface area contributed by atoms with Gasteiger partial charge in [-0.1, -0.05) is 6.07 Å². The summed E-state index contributed by atoms with van der Waals surface area (Å²) in [5.41, 5.74) is -1.02. The molecule has 2 fully saturated rings. The highest BCUT2D eigenvalue weighted by Crippen LogP contribution is 2.45. The summed E-state index contributed by atoms with van der Waals surface area (Å²) in [7, 11) is 0. The Labute approximate surface area is 181 Å². The van der Waals surface area contributed by atoms with Gasteiger partial charge in [-0.3, -0.25) is 19.1 Å². The van der Waals surface area contributed by atoms with E-state index in [-0.39, 0.29) is 37.6 Å². The third-order valence-electron chi connectivity index (χ3n) is 6.16. The molecule has 3 heterocycles. The van der Waals surface area contributed by atoms with Crippen LogP contribution in [0.4, 0.5) is 14.9 Å². The maximum Gasteiger partial charge on any atom is 0.414 e. The molecular formula is C21H21FN4O6. The highest BCUT2D eigenvalue weighted by molar-refractivity contribution is 5.95. The first-order chi connectivity index (χ1) is 15.4. The molecule has 1 spiro atoms. The Balaban J connectivity index is 1.42. The van der Waals surface area contributed by atoms with E-state index in [2.05, 4.69) is 10.3 Å². The normalized spacial score (nSPS) is 18.8. The van der Waals surface area contributed by atoms with Crippen LogP contribution in [-0.2, 0) is 28.2 Å². The Bertz CT molecular complexity index is 1180. The highest BCUT2D eigenvalue weighted by atomic mass is 19.1. The molecule has 0 atom stereocenters. The van der Waals surface area contributed by atoms with Crippen LogP contribution in [0.2, 0.25) is 0 Å². The summed E-state index contributed by atoms with van der Waals surface area (Å²) in [6.45, 7) is 0.950. The lowest BCUT2D eigenvalue weighted by atomic mass is 9.78. The minimum atomic E-state index is -0.762. The summed E-state index contributed by atoms with van der Waals surface area (Å²) in [6.07, 6.45) is 1.70. The van der Waals surface area contributed by atoms with E-state index in [4.69, 9.17) is 9.47 Å². The molecule has 0 radical (unpaired) electrons. The summed E-state index contributed by atoms with van der Waals surface area (Å²) >= 11 is 0. The Morgan fingerprint density at radius 1 is 1.25 bits per heavy atom. The van der Waals surface area contributed by atoms with Crippen molar-refractivity contribution >= 4 is 17.7 Å². The molecule has 5 rings (SSSR count). The quantitative estimate of drug-likeness (QED) is 0.730. The number of cyclic esters (lactones) is 1. The zero-order valence-corrected chi connectivity index (χ0v) is 17.1. The van der Waals surface area contributed by atoms with Crippen LogP contribution in [0.15, 0.2) is 23.0 Å². The maximum atomic E-state index is 13.8. The Hall–Kier alpha value is -3.47. The standard InChI is InChI=1S/C21H21FN4O6/c22-13-3-2-12(14(10-13)25-6-8-31-20(25)30)11-23-17(28)15-16(27)18(29)26-7-9-32-21(4-1-5-21)19(26)24-15/h2-3,10,27H,1,4-9,11H2,(H,23,28). The zero-order chi connectivity index (χ0) is 22.5. The number of anilines is 1. The first-order valence-electron chi connectivity index (χ1n) is 10.4. The molecule has 2 N–H and O–H groups in total. The first-order valence-corrected chi connectivity index (χ1v) is 10.4. The molecule has 0 unspecified atom stereocenters. The molecule has 10 nitrogen and oxygen atoms in total. The molecule has 2 amide bonds. The van der Waals surface area contributed by atoms with E-state index in [1.807, 2.05) is 0 Å². The SMILES string of the molecule is O=C(NCc1ccc(F)cc1N1CCOC1=O)c1nc2n(c(=O)c1O)CCOC21CCC1. The minimum absolute atomic E-state index is 0.0839. The lowest BCUT2D eigenvalue weighted by Gasteiger charge is -2.44. The molecule has 1 aromatic carbocycles. The lowest BCUT2D eigenvalue weighted by molar-refractivity contribution is -0.134. The molecule has 0 bridgehead atoms. The largest absolute Gasteiger partial charge is 0.501 e. The third-order valence-corrected chi connectivity index (χ3v) is 6.16. The number of aromatic hydroxyl groups is 1. The number of benzene rings is 1. The molecule has 3 aliphatic rings. The van der Waals surface area contributed by atoms with E-state index in [9.17, 15) is 23.9 Å². The van der Waals surface area contributed by atoms with E-state index in [1.165, 1.54) is 27.7 Å². The van der Waals surface area contributed by atoms with Crippen molar-refractivity contribution in [1.29, 1.82) is 0 Å². The number of ether oxygens (including phenoxy) is 2. The van der Waals surface area contributed by atoms with Gasteiger partial charge < -0.3 is 19.9 Å². The molecule has 1 saturated carbocycles. The topological polar surface area (TPSA) is 123 Å². The first kappa shape index (κ1) is 20.4. The van der Waals surface area contributed by atoms with Crippen molar-refractivity contribution in [3.8, 4) is 5.75 Å². The summed E-state index contributed by atoms with van der Waals surface area (Å²) in [5.74, 6) is -1.68. The van der Waals surface area contributed by atoms with Crippen molar-refractivity contribution in [1.82, 2.24) is 14.9 Å². The maximum absolute atomic E-state index is 13.8. The van der Waals surface area contributed by atoms with Gasteiger partial charge in [0, 0.05) is 6.54 Å². The van der Waals surface area contributed by atoms with Crippen molar-refractivity contribution in [2.24, 2.45) is 0 Å². The van der Waals surface area contributed by atoms with Crippen molar-refractivity contribution in [3.05, 3.63) is 51.5 Å². The van der Waals surface area contributed by atoms with Gasteiger partial charge in [0.1, 0.15) is 23.8 Å². The predicted molar refractivity (Wildman–Crippen MR) is 108 cm³/mol. The van der Waals surface area contributed by atoms with Gasteiger partial charge in [0.05, 0.1) is 25.4 Å². The third kappa shape index (κ3) is 3.20. The lowest BCUT2D eigenvalue weighted by Crippen LogP contribution is -2.49. The average Bonchev–Trinajstić information content (AvgIpc) is 3.19. The molecule has 2 aliphatic heterocycles. The van der Waals surface area contributed by atoms with E-state index < -0.39 is 34.7 Å². The van der Waals surface area contributed by atoms with Gasteiger partial charge in [-0.05, 0) is 37.0 Å². The van der Waals surface area contributed by atoms with Gasteiger partial charge in [0.15, 0.2) is 5.69 Å². The predicted octanol–water partition coefficient (Wildman–Crippen LogP) is 1.38. The molecule has 1 aromatic heterocycles. The van der Waals surface area contributed by atoms with Crippen LogP contribution in [0, 0.1) is 5.82 Å². The molecule has 168 valence electrons. The fourth-order valence-electron chi connectivity index (χ4n) is 4.33. The fourth-order valence-corrected chi connectivity index (χ4v) is 4.33. The van der Waals surface area contributed by atoms with Gasteiger partial charge >= 0.3 is 6.09 Å². The average molecular weight is 444 g/mol. The number of rotatable bonds is 4. The van der Waals surface area contributed by atoms with Crippen LogP contribution in [0.25, 0.3) is 0 Å². The van der Waals surface area contributed by atoms with Crippen LogP contribution in [0.1, 0.15) is 41.1 Å².